The quantitative estimate of drug-likeness (QED) is 0.516. The van der Waals surface area contributed by atoms with Crippen molar-refractivity contribution in [3.63, 3.8) is 0 Å². The van der Waals surface area contributed by atoms with Gasteiger partial charge in [-0.3, -0.25) is 0 Å². The van der Waals surface area contributed by atoms with Crippen molar-refractivity contribution < 1.29 is 9.47 Å². The zero-order valence-electron chi connectivity index (χ0n) is 7.80. The Balaban J connectivity index is 2.27. The molecule has 12 heavy (non-hydrogen) atoms. The van der Waals surface area contributed by atoms with Crippen molar-refractivity contribution >= 4 is 0 Å². The molecule has 2 aliphatic rings. The van der Waals surface area contributed by atoms with Crippen molar-refractivity contribution in [1.82, 2.24) is 0 Å². The minimum absolute atomic E-state index is 0.123. The van der Waals surface area contributed by atoms with Crippen LogP contribution in [0.3, 0.4) is 0 Å². The van der Waals surface area contributed by atoms with Crippen LogP contribution in [0, 0.1) is 5.41 Å². The first-order valence-corrected chi connectivity index (χ1v) is 4.59. The number of hydrogen-bond donors (Lipinski definition) is 0. The summed E-state index contributed by atoms with van der Waals surface area (Å²) in [6.07, 6.45) is 6.33. The van der Waals surface area contributed by atoms with E-state index in [9.17, 15) is 0 Å². The van der Waals surface area contributed by atoms with E-state index in [-0.39, 0.29) is 11.2 Å². The molecule has 0 radical (unpaired) electrons. The Morgan fingerprint density at radius 2 is 1.58 bits per heavy atom. The van der Waals surface area contributed by atoms with Gasteiger partial charge in [-0.05, 0) is 6.42 Å². The van der Waals surface area contributed by atoms with Crippen LogP contribution >= 0.6 is 0 Å². The van der Waals surface area contributed by atoms with Gasteiger partial charge >= 0.3 is 0 Å². The highest BCUT2D eigenvalue weighted by Gasteiger charge is 2.49. The summed E-state index contributed by atoms with van der Waals surface area (Å²) in [6, 6.07) is 0. The van der Waals surface area contributed by atoms with Crippen LogP contribution in [0.15, 0.2) is 12.2 Å². The Labute approximate surface area is 73.5 Å². The first-order chi connectivity index (χ1) is 5.66. The minimum atomic E-state index is -0.318. The largest absolute Gasteiger partial charge is 0.347 e. The fourth-order valence-electron chi connectivity index (χ4n) is 2.01. The molecule has 1 saturated heterocycles. The van der Waals surface area contributed by atoms with Gasteiger partial charge in [0.05, 0.1) is 13.2 Å². The van der Waals surface area contributed by atoms with E-state index in [0.717, 1.165) is 26.1 Å². The van der Waals surface area contributed by atoms with Crippen LogP contribution in [0.4, 0.5) is 0 Å². The second-order valence-electron chi connectivity index (χ2n) is 4.21. The summed E-state index contributed by atoms with van der Waals surface area (Å²) in [7, 11) is 0. The normalized spacial score (nSPS) is 31.2. The molecule has 1 spiro atoms. The third kappa shape index (κ3) is 1.02. The Bertz CT molecular complexity index is 200. The standard InChI is InChI=1S/C10H16O2/c1-9(2)5-3-4-6-10(9)11-7-8-12-10/h3-4H,5-8H2,1-2H3. The molecule has 0 bridgehead atoms. The maximum Gasteiger partial charge on any atom is 0.177 e. The molecule has 0 aromatic rings. The van der Waals surface area contributed by atoms with Crippen LogP contribution in [0.5, 0.6) is 0 Å². The van der Waals surface area contributed by atoms with Gasteiger partial charge in [0.15, 0.2) is 5.79 Å². The molecule has 1 heterocycles. The molecule has 1 fully saturated rings. The first-order valence-electron chi connectivity index (χ1n) is 4.59. The second-order valence-corrected chi connectivity index (χ2v) is 4.21. The highest BCUT2D eigenvalue weighted by molar-refractivity contribution is 5.05. The van der Waals surface area contributed by atoms with E-state index < -0.39 is 0 Å². The first kappa shape index (κ1) is 8.27. The summed E-state index contributed by atoms with van der Waals surface area (Å²) >= 11 is 0. The van der Waals surface area contributed by atoms with Gasteiger partial charge in [-0.25, -0.2) is 0 Å². The van der Waals surface area contributed by atoms with Gasteiger partial charge in [0.2, 0.25) is 0 Å². The molecular weight excluding hydrogens is 152 g/mol. The number of allylic oxidation sites excluding steroid dienone is 1. The molecule has 1 aliphatic carbocycles. The molecule has 0 saturated carbocycles. The zero-order chi connectivity index (χ0) is 8.66. The third-order valence-electron chi connectivity index (χ3n) is 2.97. The van der Waals surface area contributed by atoms with Gasteiger partial charge in [-0.15, -0.1) is 0 Å². The van der Waals surface area contributed by atoms with E-state index in [1.165, 1.54) is 0 Å². The van der Waals surface area contributed by atoms with Crippen LogP contribution in [0.1, 0.15) is 26.7 Å². The molecule has 0 aromatic carbocycles. The lowest BCUT2D eigenvalue weighted by Crippen LogP contribution is -2.46. The molecule has 0 aromatic heterocycles. The number of rotatable bonds is 0. The molecule has 0 atom stereocenters. The molecule has 0 unspecified atom stereocenters. The van der Waals surface area contributed by atoms with E-state index >= 15 is 0 Å². The average molecular weight is 168 g/mol. The van der Waals surface area contributed by atoms with E-state index in [4.69, 9.17) is 9.47 Å². The molecule has 0 amide bonds. The second kappa shape index (κ2) is 2.57. The van der Waals surface area contributed by atoms with Crippen LogP contribution in [-0.2, 0) is 9.47 Å². The van der Waals surface area contributed by atoms with Crippen LogP contribution < -0.4 is 0 Å². The van der Waals surface area contributed by atoms with Gasteiger partial charge in [-0.2, -0.15) is 0 Å². The lowest BCUT2D eigenvalue weighted by atomic mass is 9.75. The number of hydrogen-bond acceptors (Lipinski definition) is 2. The summed E-state index contributed by atoms with van der Waals surface area (Å²) in [6.45, 7) is 5.91. The SMILES string of the molecule is CC1(C)CC=CCC12OCCO2. The Morgan fingerprint density at radius 3 is 2.17 bits per heavy atom. The van der Waals surface area contributed by atoms with E-state index in [0.29, 0.717) is 0 Å². The van der Waals surface area contributed by atoms with Gasteiger partial charge in [0.1, 0.15) is 0 Å². The highest BCUT2D eigenvalue weighted by atomic mass is 16.7. The van der Waals surface area contributed by atoms with Crippen molar-refractivity contribution in [2.75, 3.05) is 13.2 Å². The van der Waals surface area contributed by atoms with E-state index in [1.807, 2.05) is 0 Å². The predicted molar refractivity (Wildman–Crippen MR) is 46.8 cm³/mol. The van der Waals surface area contributed by atoms with Gasteiger partial charge < -0.3 is 9.47 Å². The maximum atomic E-state index is 5.72. The van der Waals surface area contributed by atoms with Crippen molar-refractivity contribution in [2.45, 2.75) is 32.5 Å². The molecule has 2 rings (SSSR count). The summed E-state index contributed by atoms with van der Waals surface area (Å²) in [5, 5.41) is 0. The topological polar surface area (TPSA) is 18.5 Å². The molecule has 2 nitrogen and oxygen atoms in total. The minimum Gasteiger partial charge on any atom is -0.347 e. The molecule has 1 aliphatic heterocycles. The third-order valence-corrected chi connectivity index (χ3v) is 2.97. The highest BCUT2D eigenvalue weighted by Crippen LogP contribution is 2.46. The predicted octanol–water partition coefficient (Wildman–Crippen LogP) is 2.11. The van der Waals surface area contributed by atoms with Crippen LogP contribution in [0.25, 0.3) is 0 Å². The summed E-state index contributed by atoms with van der Waals surface area (Å²) in [5.41, 5.74) is 0.123. The van der Waals surface area contributed by atoms with Crippen LogP contribution in [-0.4, -0.2) is 19.0 Å². The lowest BCUT2D eigenvalue weighted by molar-refractivity contribution is -0.227. The Morgan fingerprint density at radius 1 is 1.00 bits per heavy atom. The fourth-order valence-corrected chi connectivity index (χ4v) is 2.01. The molecular formula is C10H16O2. The Kier molecular flexibility index (Phi) is 1.77. The van der Waals surface area contributed by atoms with Gasteiger partial charge in [-0.1, -0.05) is 26.0 Å². The van der Waals surface area contributed by atoms with Crippen molar-refractivity contribution in [1.29, 1.82) is 0 Å². The van der Waals surface area contributed by atoms with Crippen molar-refractivity contribution in [2.24, 2.45) is 5.41 Å². The van der Waals surface area contributed by atoms with Crippen molar-refractivity contribution in [3.05, 3.63) is 12.2 Å². The smallest absolute Gasteiger partial charge is 0.177 e. The summed E-state index contributed by atoms with van der Waals surface area (Å²) in [4.78, 5) is 0. The van der Waals surface area contributed by atoms with Crippen LogP contribution in [0.2, 0.25) is 0 Å². The van der Waals surface area contributed by atoms with Crippen molar-refractivity contribution in [3.8, 4) is 0 Å². The Hall–Kier alpha value is -0.340. The zero-order valence-corrected chi connectivity index (χ0v) is 7.80. The molecule has 0 N–H and O–H groups in total. The molecule has 2 heteroatoms. The van der Waals surface area contributed by atoms with E-state index in [2.05, 4.69) is 26.0 Å². The number of ether oxygens (including phenoxy) is 2. The monoisotopic (exact) mass is 168 g/mol. The summed E-state index contributed by atoms with van der Waals surface area (Å²) < 4.78 is 11.4. The molecule has 68 valence electrons. The lowest BCUT2D eigenvalue weighted by Gasteiger charge is -2.43. The summed E-state index contributed by atoms with van der Waals surface area (Å²) in [5.74, 6) is -0.318. The van der Waals surface area contributed by atoms with Gasteiger partial charge in [0, 0.05) is 11.8 Å². The van der Waals surface area contributed by atoms with Gasteiger partial charge in [0.25, 0.3) is 0 Å². The fraction of sp³-hybridized carbons (Fsp3) is 0.800. The average Bonchev–Trinajstić information content (AvgIpc) is 2.46. The van der Waals surface area contributed by atoms with E-state index in [1.54, 1.807) is 0 Å². The maximum absolute atomic E-state index is 5.72.